The van der Waals surface area contributed by atoms with E-state index >= 15 is 0 Å². The van der Waals surface area contributed by atoms with Gasteiger partial charge in [0.25, 0.3) is 0 Å². The minimum absolute atomic E-state index is 0.180. The van der Waals surface area contributed by atoms with Crippen molar-refractivity contribution in [2.45, 2.75) is 32.3 Å². The fraction of sp³-hybridized carbons (Fsp3) is 0.353. The predicted octanol–water partition coefficient (Wildman–Crippen LogP) is 3.09. The monoisotopic (exact) mass is 284 g/mol. The first-order valence-electron chi connectivity index (χ1n) is 7.21. The van der Waals surface area contributed by atoms with Gasteiger partial charge in [-0.05, 0) is 38.4 Å². The standard InChI is InChI=1S/C17H20N2O2/c1-17(2)10-13-4-3-5-14(16(13)21-17)20-15-7-6-12(8-9-18)11-19-15/h3-7,11H,8-10,18H2,1-2H3. The zero-order valence-electron chi connectivity index (χ0n) is 12.4. The summed E-state index contributed by atoms with van der Waals surface area (Å²) < 4.78 is 11.9. The summed E-state index contributed by atoms with van der Waals surface area (Å²) >= 11 is 0. The van der Waals surface area contributed by atoms with Crippen molar-refractivity contribution in [2.24, 2.45) is 5.73 Å². The number of benzene rings is 1. The van der Waals surface area contributed by atoms with Crippen molar-refractivity contribution in [1.82, 2.24) is 4.98 Å². The van der Waals surface area contributed by atoms with Crippen LogP contribution in [0, 0.1) is 0 Å². The van der Waals surface area contributed by atoms with Gasteiger partial charge in [-0.1, -0.05) is 18.2 Å². The van der Waals surface area contributed by atoms with E-state index in [1.54, 1.807) is 6.20 Å². The summed E-state index contributed by atoms with van der Waals surface area (Å²) in [7, 11) is 0. The van der Waals surface area contributed by atoms with Crippen molar-refractivity contribution in [3.8, 4) is 17.4 Å². The van der Waals surface area contributed by atoms with Gasteiger partial charge >= 0.3 is 0 Å². The molecule has 0 atom stereocenters. The van der Waals surface area contributed by atoms with Crippen LogP contribution in [0.4, 0.5) is 0 Å². The fourth-order valence-electron chi connectivity index (χ4n) is 2.57. The van der Waals surface area contributed by atoms with Crippen molar-refractivity contribution in [1.29, 1.82) is 0 Å². The molecule has 1 aliphatic heterocycles. The average Bonchev–Trinajstić information content (AvgIpc) is 2.76. The van der Waals surface area contributed by atoms with E-state index in [4.69, 9.17) is 15.2 Å². The molecule has 21 heavy (non-hydrogen) atoms. The van der Waals surface area contributed by atoms with Gasteiger partial charge in [-0.3, -0.25) is 0 Å². The molecule has 3 rings (SSSR count). The van der Waals surface area contributed by atoms with Crippen LogP contribution in [0.25, 0.3) is 0 Å². The zero-order valence-corrected chi connectivity index (χ0v) is 12.4. The van der Waals surface area contributed by atoms with Crippen LogP contribution in [0.1, 0.15) is 25.0 Å². The molecule has 2 N–H and O–H groups in total. The number of hydrogen-bond donors (Lipinski definition) is 1. The van der Waals surface area contributed by atoms with Crippen molar-refractivity contribution in [2.75, 3.05) is 6.54 Å². The van der Waals surface area contributed by atoms with Gasteiger partial charge < -0.3 is 15.2 Å². The van der Waals surface area contributed by atoms with Gasteiger partial charge in [-0.2, -0.15) is 0 Å². The number of hydrogen-bond acceptors (Lipinski definition) is 4. The van der Waals surface area contributed by atoms with Gasteiger partial charge in [0.2, 0.25) is 5.88 Å². The lowest BCUT2D eigenvalue weighted by Gasteiger charge is -2.18. The summed E-state index contributed by atoms with van der Waals surface area (Å²) in [5.41, 5.74) is 7.64. The number of fused-ring (bicyclic) bond motifs is 1. The minimum atomic E-state index is -0.180. The van der Waals surface area contributed by atoms with Crippen molar-refractivity contribution in [3.05, 3.63) is 47.7 Å². The van der Waals surface area contributed by atoms with Gasteiger partial charge in [-0.15, -0.1) is 0 Å². The Hall–Kier alpha value is -2.07. The number of para-hydroxylation sites is 1. The first kappa shape index (κ1) is 13.9. The number of ether oxygens (including phenoxy) is 2. The van der Waals surface area contributed by atoms with E-state index in [1.165, 1.54) is 5.56 Å². The van der Waals surface area contributed by atoms with Gasteiger partial charge in [-0.25, -0.2) is 4.98 Å². The molecule has 0 fully saturated rings. The summed E-state index contributed by atoms with van der Waals surface area (Å²) in [6, 6.07) is 9.83. The second-order valence-electron chi connectivity index (χ2n) is 5.93. The summed E-state index contributed by atoms with van der Waals surface area (Å²) in [5.74, 6) is 2.12. The minimum Gasteiger partial charge on any atom is -0.483 e. The van der Waals surface area contributed by atoms with Crippen molar-refractivity contribution >= 4 is 0 Å². The van der Waals surface area contributed by atoms with Gasteiger partial charge in [0, 0.05) is 24.2 Å². The van der Waals surface area contributed by atoms with Crippen LogP contribution in [0.15, 0.2) is 36.5 Å². The van der Waals surface area contributed by atoms with Crippen LogP contribution in [0.5, 0.6) is 17.4 Å². The fourth-order valence-corrected chi connectivity index (χ4v) is 2.57. The lowest BCUT2D eigenvalue weighted by atomic mass is 10.0. The number of rotatable bonds is 4. The summed E-state index contributed by atoms with van der Waals surface area (Å²) in [6.07, 6.45) is 3.52. The Bertz CT molecular complexity index is 636. The molecule has 2 heterocycles. The number of nitrogens with zero attached hydrogens (tertiary/aromatic N) is 1. The molecule has 1 aromatic heterocycles. The number of aromatic nitrogens is 1. The van der Waals surface area contributed by atoms with Gasteiger partial charge in [0.05, 0.1) is 0 Å². The molecule has 0 aliphatic carbocycles. The third-order valence-corrected chi connectivity index (χ3v) is 3.50. The van der Waals surface area contributed by atoms with Crippen LogP contribution >= 0.6 is 0 Å². The largest absolute Gasteiger partial charge is 0.483 e. The topological polar surface area (TPSA) is 57.4 Å². The van der Waals surface area contributed by atoms with Crippen LogP contribution in [-0.4, -0.2) is 17.1 Å². The van der Waals surface area contributed by atoms with Gasteiger partial charge in [0.15, 0.2) is 11.5 Å². The molecule has 4 nitrogen and oxygen atoms in total. The third-order valence-electron chi connectivity index (χ3n) is 3.50. The molecule has 0 saturated heterocycles. The lowest BCUT2D eigenvalue weighted by Crippen LogP contribution is -2.24. The molecule has 0 radical (unpaired) electrons. The van der Waals surface area contributed by atoms with E-state index in [-0.39, 0.29) is 5.60 Å². The highest BCUT2D eigenvalue weighted by molar-refractivity contribution is 5.51. The highest BCUT2D eigenvalue weighted by Crippen LogP contribution is 2.42. The van der Waals surface area contributed by atoms with Crippen LogP contribution in [0.3, 0.4) is 0 Å². The second kappa shape index (κ2) is 5.37. The van der Waals surface area contributed by atoms with Crippen LogP contribution in [-0.2, 0) is 12.8 Å². The van der Waals surface area contributed by atoms with Crippen molar-refractivity contribution in [3.63, 3.8) is 0 Å². The lowest BCUT2D eigenvalue weighted by molar-refractivity contribution is 0.135. The maximum atomic E-state index is 5.99. The summed E-state index contributed by atoms with van der Waals surface area (Å²) in [5, 5.41) is 0. The molecular weight excluding hydrogens is 264 g/mol. The first-order chi connectivity index (χ1) is 10.1. The maximum absolute atomic E-state index is 5.99. The Balaban J connectivity index is 1.82. The number of pyridine rings is 1. The Kier molecular flexibility index (Phi) is 3.55. The normalized spacial score (nSPS) is 15.4. The predicted molar refractivity (Wildman–Crippen MR) is 81.9 cm³/mol. The summed E-state index contributed by atoms with van der Waals surface area (Å²) in [4.78, 5) is 4.32. The van der Waals surface area contributed by atoms with E-state index in [2.05, 4.69) is 24.9 Å². The molecule has 0 amide bonds. The van der Waals surface area contributed by atoms with E-state index in [1.807, 2.05) is 24.3 Å². The van der Waals surface area contributed by atoms with E-state index in [0.29, 0.717) is 12.4 Å². The van der Waals surface area contributed by atoms with Crippen LogP contribution in [0.2, 0.25) is 0 Å². The highest BCUT2D eigenvalue weighted by Gasteiger charge is 2.32. The summed E-state index contributed by atoms with van der Waals surface area (Å²) in [6.45, 7) is 4.78. The molecule has 0 saturated carbocycles. The van der Waals surface area contributed by atoms with E-state index < -0.39 is 0 Å². The average molecular weight is 284 g/mol. The van der Waals surface area contributed by atoms with Crippen molar-refractivity contribution < 1.29 is 9.47 Å². The highest BCUT2D eigenvalue weighted by atomic mass is 16.5. The molecule has 2 aromatic rings. The molecule has 1 aromatic carbocycles. The quantitative estimate of drug-likeness (QED) is 0.937. The molecule has 0 bridgehead atoms. The second-order valence-corrected chi connectivity index (χ2v) is 5.93. The van der Waals surface area contributed by atoms with E-state index in [9.17, 15) is 0 Å². The molecule has 1 aliphatic rings. The van der Waals surface area contributed by atoms with Crippen LogP contribution < -0.4 is 15.2 Å². The first-order valence-corrected chi connectivity index (χ1v) is 7.21. The smallest absolute Gasteiger partial charge is 0.219 e. The molecule has 0 spiro atoms. The Labute approximate surface area is 124 Å². The van der Waals surface area contributed by atoms with E-state index in [0.717, 1.165) is 29.9 Å². The Morgan fingerprint density at radius 2 is 2.14 bits per heavy atom. The Morgan fingerprint density at radius 3 is 2.86 bits per heavy atom. The Morgan fingerprint density at radius 1 is 1.29 bits per heavy atom. The maximum Gasteiger partial charge on any atom is 0.219 e. The molecule has 0 unspecified atom stereocenters. The SMILES string of the molecule is CC1(C)Cc2cccc(Oc3ccc(CCN)cn3)c2O1. The zero-order chi connectivity index (χ0) is 14.9. The molecule has 4 heteroatoms. The van der Waals surface area contributed by atoms with Gasteiger partial charge in [0.1, 0.15) is 5.60 Å². The molecular formula is C17H20N2O2. The molecule has 110 valence electrons. The number of nitrogens with two attached hydrogens (primary N) is 1. The third kappa shape index (κ3) is 3.00.